The molecular formula is C19H19Cl2N3O3S. The topological polar surface area (TPSA) is 76.3 Å². The maximum absolute atomic E-state index is 12.8. The SMILES string of the molecule is CC(C)c1ccc(-c2noc(CN(C)S(=O)(=O)c3cc(Cl)ccc3Cl)n2)cc1. The van der Waals surface area contributed by atoms with Crippen LogP contribution in [0.4, 0.5) is 0 Å². The summed E-state index contributed by atoms with van der Waals surface area (Å²) in [7, 11) is -2.46. The highest BCUT2D eigenvalue weighted by Gasteiger charge is 2.26. The largest absolute Gasteiger partial charge is 0.338 e. The van der Waals surface area contributed by atoms with E-state index in [2.05, 4.69) is 24.0 Å². The smallest absolute Gasteiger partial charge is 0.244 e. The lowest BCUT2D eigenvalue weighted by Crippen LogP contribution is -2.27. The van der Waals surface area contributed by atoms with Crippen molar-refractivity contribution >= 4 is 33.2 Å². The van der Waals surface area contributed by atoms with Crippen LogP contribution in [0.25, 0.3) is 11.4 Å². The number of aromatic nitrogens is 2. The molecule has 0 bridgehead atoms. The minimum absolute atomic E-state index is 0.0758. The van der Waals surface area contributed by atoms with E-state index in [4.69, 9.17) is 27.7 Å². The Bertz CT molecular complexity index is 1080. The summed E-state index contributed by atoms with van der Waals surface area (Å²) < 4.78 is 31.9. The average Bonchev–Trinajstić information content (AvgIpc) is 3.12. The van der Waals surface area contributed by atoms with Crippen LogP contribution >= 0.6 is 23.2 Å². The summed E-state index contributed by atoms with van der Waals surface area (Å²) >= 11 is 11.9. The standard InChI is InChI=1S/C19H19Cl2N3O3S/c1-12(2)13-4-6-14(7-5-13)19-22-18(27-23-19)11-24(3)28(25,26)17-10-15(20)8-9-16(17)21/h4-10,12H,11H2,1-3H3. The van der Waals surface area contributed by atoms with Crippen LogP contribution in [0, 0.1) is 0 Å². The van der Waals surface area contributed by atoms with Gasteiger partial charge in [0.2, 0.25) is 21.7 Å². The van der Waals surface area contributed by atoms with Gasteiger partial charge in [0.25, 0.3) is 0 Å². The Hall–Kier alpha value is -1.93. The fraction of sp³-hybridized carbons (Fsp3) is 0.263. The molecule has 0 aliphatic carbocycles. The minimum atomic E-state index is -3.87. The molecule has 0 aliphatic heterocycles. The third kappa shape index (κ3) is 4.38. The van der Waals surface area contributed by atoms with Gasteiger partial charge < -0.3 is 4.52 Å². The zero-order valence-electron chi connectivity index (χ0n) is 15.6. The van der Waals surface area contributed by atoms with Gasteiger partial charge >= 0.3 is 0 Å². The fourth-order valence-electron chi connectivity index (χ4n) is 2.57. The number of hydrogen-bond acceptors (Lipinski definition) is 5. The van der Waals surface area contributed by atoms with E-state index in [1.165, 1.54) is 30.8 Å². The highest BCUT2D eigenvalue weighted by atomic mass is 35.5. The Morgan fingerprint density at radius 1 is 1.11 bits per heavy atom. The minimum Gasteiger partial charge on any atom is -0.338 e. The summed E-state index contributed by atoms with van der Waals surface area (Å²) in [5, 5.41) is 4.32. The molecule has 0 radical (unpaired) electrons. The molecule has 0 atom stereocenters. The summed E-state index contributed by atoms with van der Waals surface area (Å²) in [6.45, 7) is 4.13. The zero-order chi connectivity index (χ0) is 20.5. The Kier molecular flexibility index (Phi) is 6.09. The molecule has 0 N–H and O–H groups in total. The summed E-state index contributed by atoms with van der Waals surface area (Å²) in [5.41, 5.74) is 2.00. The van der Waals surface area contributed by atoms with Gasteiger partial charge in [-0.2, -0.15) is 9.29 Å². The van der Waals surface area contributed by atoms with Crippen molar-refractivity contribution in [3.8, 4) is 11.4 Å². The molecule has 28 heavy (non-hydrogen) atoms. The predicted octanol–water partition coefficient (Wildman–Crippen LogP) is 4.99. The van der Waals surface area contributed by atoms with Crippen molar-refractivity contribution in [3.05, 3.63) is 64.0 Å². The summed E-state index contributed by atoms with van der Waals surface area (Å²) in [5.74, 6) is 0.996. The molecule has 6 nitrogen and oxygen atoms in total. The van der Waals surface area contributed by atoms with E-state index in [1.807, 2.05) is 24.3 Å². The van der Waals surface area contributed by atoms with E-state index < -0.39 is 10.0 Å². The van der Waals surface area contributed by atoms with Crippen molar-refractivity contribution in [3.63, 3.8) is 0 Å². The van der Waals surface area contributed by atoms with Crippen molar-refractivity contribution in [2.75, 3.05) is 7.05 Å². The maximum atomic E-state index is 12.8. The molecule has 0 fully saturated rings. The van der Waals surface area contributed by atoms with Gasteiger partial charge in [0.1, 0.15) is 4.90 Å². The molecule has 3 aromatic rings. The van der Waals surface area contributed by atoms with Gasteiger partial charge in [0, 0.05) is 17.6 Å². The number of sulfonamides is 1. The first-order valence-corrected chi connectivity index (χ1v) is 10.7. The van der Waals surface area contributed by atoms with Gasteiger partial charge in [-0.25, -0.2) is 8.42 Å². The molecule has 1 aromatic heterocycles. The van der Waals surface area contributed by atoms with Crippen LogP contribution in [0.15, 0.2) is 51.9 Å². The quantitative estimate of drug-likeness (QED) is 0.540. The van der Waals surface area contributed by atoms with Crippen molar-refractivity contribution in [2.24, 2.45) is 0 Å². The first-order valence-electron chi connectivity index (χ1n) is 8.53. The van der Waals surface area contributed by atoms with Crippen LogP contribution in [0.1, 0.15) is 31.2 Å². The molecule has 0 unspecified atom stereocenters. The molecule has 148 valence electrons. The first-order chi connectivity index (χ1) is 13.2. The van der Waals surface area contributed by atoms with Crippen molar-refractivity contribution in [1.82, 2.24) is 14.4 Å². The molecule has 0 spiro atoms. The number of nitrogens with zero attached hydrogens (tertiary/aromatic N) is 3. The van der Waals surface area contributed by atoms with E-state index in [0.717, 1.165) is 9.87 Å². The van der Waals surface area contributed by atoms with E-state index >= 15 is 0 Å². The van der Waals surface area contributed by atoms with E-state index in [-0.39, 0.29) is 27.4 Å². The molecule has 0 saturated heterocycles. The average molecular weight is 440 g/mol. The van der Waals surface area contributed by atoms with Gasteiger partial charge in [0.15, 0.2) is 0 Å². The summed E-state index contributed by atoms with van der Waals surface area (Å²) in [6, 6.07) is 12.1. The Morgan fingerprint density at radius 3 is 2.43 bits per heavy atom. The molecule has 3 rings (SSSR count). The van der Waals surface area contributed by atoms with Gasteiger partial charge in [-0.3, -0.25) is 0 Å². The van der Waals surface area contributed by atoms with Crippen LogP contribution in [-0.4, -0.2) is 29.9 Å². The van der Waals surface area contributed by atoms with Crippen LogP contribution < -0.4 is 0 Å². The van der Waals surface area contributed by atoms with Gasteiger partial charge in [-0.1, -0.05) is 66.5 Å². The van der Waals surface area contributed by atoms with Gasteiger partial charge in [-0.05, 0) is 29.7 Å². The zero-order valence-corrected chi connectivity index (χ0v) is 17.9. The lowest BCUT2D eigenvalue weighted by Gasteiger charge is -2.16. The molecular weight excluding hydrogens is 421 g/mol. The number of hydrogen-bond donors (Lipinski definition) is 0. The Labute approximate surface area is 174 Å². The number of rotatable bonds is 6. The second-order valence-electron chi connectivity index (χ2n) is 6.62. The molecule has 2 aromatic carbocycles. The van der Waals surface area contributed by atoms with Crippen LogP contribution in [0.2, 0.25) is 10.0 Å². The third-order valence-electron chi connectivity index (χ3n) is 4.24. The second-order valence-corrected chi connectivity index (χ2v) is 9.48. The first kappa shape index (κ1) is 20.8. The van der Waals surface area contributed by atoms with Gasteiger partial charge in [-0.15, -0.1) is 0 Å². The maximum Gasteiger partial charge on any atom is 0.244 e. The van der Waals surface area contributed by atoms with Crippen molar-refractivity contribution < 1.29 is 12.9 Å². The second kappa shape index (κ2) is 8.21. The summed E-state index contributed by atoms with van der Waals surface area (Å²) in [4.78, 5) is 4.22. The van der Waals surface area contributed by atoms with E-state index in [1.54, 1.807) is 0 Å². The van der Waals surface area contributed by atoms with Crippen molar-refractivity contribution in [1.29, 1.82) is 0 Å². The van der Waals surface area contributed by atoms with Crippen molar-refractivity contribution in [2.45, 2.75) is 31.2 Å². The highest BCUT2D eigenvalue weighted by molar-refractivity contribution is 7.89. The molecule has 0 amide bonds. The van der Waals surface area contributed by atoms with Crippen LogP contribution in [0.5, 0.6) is 0 Å². The fourth-order valence-corrected chi connectivity index (χ4v) is 4.43. The Balaban J connectivity index is 1.80. The third-order valence-corrected chi connectivity index (χ3v) is 6.76. The summed E-state index contributed by atoms with van der Waals surface area (Å²) in [6.07, 6.45) is 0. The van der Waals surface area contributed by atoms with E-state index in [0.29, 0.717) is 11.7 Å². The van der Waals surface area contributed by atoms with Gasteiger partial charge in [0.05, 0.1) is 11.6 Å². The molecule has 1 heterocycles. The lowest BCUT2D eigenvalue weighted by atomic mass is 10.0. The molecule has 0 saturated carbocycles. The Morgan fingerprint density at radius 2 is 1.79 bits per heavy atom. The molecule has 9 heteroatoms. The molecule has 0 aliphatic rings. The normalized spacial score (nSPS) is 12.1. The van der Waals surface area contributed by atoms with Crippen LogP contribution in [0.3, 0.4) is 0 Å². The van der Waals surface area contributed by atoms with Crippen LogP contribution in [-0.2, 0) is 16.6 Å². The monoisotopic (exact) mass is 439 g/mol. The number of halogens is 2. The predicted molar refractivity (Wildman–Crippen MR) is 109 cm³/mol. The number of benzene rings is 2. The highest BCUT2D eigenvalue weighted by Crippen LogP contribution is 2.28. The van der Waals surface area contributed by atoms with E-state index in [9.17, 15) is 8.42 Å². The lowest BCUT2D eigenvalue weighted by molar-refractivity contribution is 0.337.